The Morgan fingerprint density at radius 3 is 2.42 bits per heavy atom. The van der Waals surface area contributed by atoms with Gasteiger partial charge in [-0.25, -0.2) is 4.79 Å². The summed E-state index contributed by atoms with van der Waals surface area (Å²) >= 11 is 0. The van der Waals surface area contributed by atoms with Gasteiger partial charge in [0.15, 0.2) is 0 Å². The Kier molecular flexibility index (Phi) is 4.63. The lowest BCUT2D eigenvalue weighted by molar-refractivity contribution is -0.142. The maximum absolute atomic E-state index is 11.9. The summed E-state index contributed by atoms with van der Waals surface area (Å²) in [6.45, 7) is 1.98. The molecule has 6 heteroatoms. The third-order valence-corrected chi connectivity index (χ3v) is 4.20. The summed E-state index contributed by atoms with van der Waals surface area (Å²) < 4.78 is 0. The van der Waals surface area contributed by atoms with Gasteiger partial charge < -0.3 is 20.6 Å². The Balaban J connectivity index is 1.76. The maximum atomic E-state index is 11.9. The van der Waals surface area contributed by atoms with E-state index in [0.717, 1.165) is 38.8 Å². The largest absolute Gasteiger partial charge is 0.481 e. The van der Waals surface area contributed by atoms with E-state index in [1.807, 2.05) is 0 Å². The van der Waals surface area contributed by atoms with Crippen molar-refractivity contribution < 1.29 is 14.7 Å². The summed E-state index contributed by atoms with van der Waals surface area (Å²) in [4.78, 5) is 25.2. The van der Waals surface area contributed by atoms with Crippen LogP contribution in [-0.4, -0.2) is 54.2 Å². The molecule has 0 aromatic rings. The van der Waals surface area contributed by atoms with Gasteiger partial charge in [0, 0.05) is 12.1 Å². The van der Waals surface area contributed by atoms with Crippen molar-refractivity contribution in [1.82, 2.24) is 15.5 Å². The first-order valence-electron chi connectivity index (χ1n) is 7.04. The molecular formula is C13H23N3O3. The minimum Gasteiger partial charge on any atom is -0.481 e. The number of aliphatic carboxylic acids is 1. The van der Waals surface area contributed by atoms with E-state index in [1.54, 1.807) is 0 Å². The highest BCUT2D eigenvalue weighted by molar-refractivity contribution is 5.77. The van der Waals surface area contributed by atoms with E-state index in [9.17, 15) is 9.59 Å². The number of nitrogens with zero attached hydrogens (tertiary/aromatic N) is 1. The molecule has 1 aliphatic heterocycles. The van der Waals surface area contributed by atoms with Crippen molar-refractivity contribution in [3.05, 3.63) is 0 Å². The highest BCUT2D eigenvalue weighted by Crippen LogP contribution is 2.25. The number of hydrogen-bond acceptors (Lipinski definition) is 3. The number of carbonyl (C=O) groups is 2. The first-order chi connectivity index (χ1) is 9.06. The molecule has 1 aliphatic carbocycles. The zero-order chi connectivity index (χ0) is 13.8. The topological polar surface area (TPSA) is 81.7 Å². The molecule has 6 nitrogen and oxygen atoms in total. The molecule has 1 heterocycles. The molecule has 2 amide bonds. The fraction of sp³-hybridized carbons (Fsp3) is 0.846. The van der Waals surface area contributed by atoms with Crippen molar-refractivity contribution in [2.24, 2.45) is 5.92 Å². The Hall–Kier alpha value is -1.30. The zero-order valence-electron chi connectivity index (χ0n) is 11.4. The van der Waals surface area contributed by atoms with Crippen LogP contribution in [-0.2, 0) is 4.79 Å². The molecule has 1 saturated heterocycles. The van der Waals surface area contributed by atoms with Gasteiger partial charge in [-0.2, -0.15) is 0 Å². The van der Waals surface area contributed by atoms with Crippen LogP contribution in [0.1, 0.15) is 32.1 Å². The van der Waals surface area contributed by atoms with Crippen molar-refractivity contribution in [2.75, 3.05) is 20.1 Å². The summed E-state index contributed by atoms with van der Waals surface area (Å²) in [6.07, 6.45) is 4.20. The predicted octanol–water partition coefficient (Wildman–Crippen LogP) is 0.633. The molecule has 0 aromatic carbocycles. The number of urea groups is 1. The quantitative estimate of drug-likeness (QED) is 0.702. The van der Waals surface area contributed by atoms with Crippen molar-refractivity contribution in [3.63, 3.8) is 0 Å². The Labute approximate surface area is 113 Å². The van der Waals surface area contributed by atoms with Crippen LogP contribution < -0.4 is 10.6 Å². The molecule has 0 aromatic heterocycles. The molecule has 2 aliphatic rings. The smallest absolute Gasteiger partial charge is 0.315 e. The van der Waals surface area contributed by atoms with Crippen molar-refractivity contribution >= 4 is 12.0 Å². The molecule has 19 heavy (non-hydrogen) atoms. The van der Waals surface area contributed by atoms with Crippen molar-refractivity contribution in [1.29, 1.82) is 0 Å². The van der Waals surface area contributed by atoms with Gasteiger partial charge in [-0.05, 0) is 45.8 Å². The molecule has 0 radical (unpaired) electrons. The molecule has 1 saturated carbocycles. The zero-order valence-corrected chi connectivity index (χ0v) is 11.4. The molecule has 2 atom stereocenters. The lowest BCUT2D eigenvalue weighted by Gasteiger charge is -2.30. The SMILES string of the molecule is CN1CCC(NC(=O)NC2CCCC2C(=O)O)CC1. The Bertz CT molecular complexity index is 340. The van der Waals surface area contributed by atoms with Crippen LogP contribution in [0.3, 0.4) is 0 Å². The average Bonchev–Trinajstić information content (AvgIpc) is 2.80. The molecule has 2 rings (SSSR count). The second-order valence-electron chi connectivity index (χ2n) is 5.68. The number of carboxylic acids is 1. The van der Waals surface area contributed by atoms with E-state index in [-0.39, 0.29) is 18.1 Å². The predicted molar refractivity (Wildman–Crippen MR) is 71.0 cm³/mol. The lowest BCUT2D eigenvalue weighted by Crippen LogP contribution is -2.50. The lowest BCUT2D eigenvalue weighted by atomic mass is 10.0. The third kappa shape index (κ3) is 3.83. The van der Waals surface area contributed by atoms with E-state index in [4.69, 9.17) is 5.11 Å². The summed E-state index contributed by atoms with van der Waals surface area (Å²) in [5, 5.41) is 14.9. The third-order valence-electron chi connectivity index (χ3n) is 4.20. The van der Waals surface area contributed by atoms with Crippen molar-refractivity contribution in [2.45, 2.75) is 44.2 Å². The molecule has 3 N–H and O–H groups in total. The van der Waals surface area contributed by atoms with Crippen LogP contribution >= 0.6 is 0 Å². The van der Waals surface area contributed by atoms with Gasteiger partial charge in [0.2, 0.25) is 0 Å². The van der Waals surface area contributed by atoms with Gasteiger partial charge >= 0.3 is 12.0 Å². The highest BCUT2D eigenvalue weighted by atomic mass is 16.4. The Morgan fingerprint density at radius 1 is 1.11 bits per heavy atom. The fourth-order valence-electron chi connectivity index (χ4n) is 2.98. The number of carboxylic acid groups (broad SMARTS) is 1. The molecule has 0 spiro atoms. The second-order valence-corrected chi connectivity index (χ2v) is 5.68. The van der Waals surface area contributed by atoms with Gasteiger partial charge in [0.25, 0.3) is 0 Å². The first-order valence-corrected chi connectivity index (χ1v) is 7.04. The maximum Gasteiger partial charge on any atom is 0.315 e. The molecule has 2 unspecified atom stereocenters. The molecule has 0 bridgehead atoms. The van der Waals surface area contributed by atoms with Gasteiger partial charge in [-0.15, -0.1) is 0 Å². The van der Waals surface area contributed by atoms with Gasteiger partial charge in [0.1, 0.15) is 0 Å². The summed E-state index contributed by atoms with van der Waals surface area (Å²) in [6, 6.07) is -0.225. The van der Waals surface area contributed by atoms with E-state index in [0.29, 0.717) is 6.42 Å². The van der Waals surface area contributed by atoms with E-state index in [2.05, 4.69) is 22.6 Å². The van der Waals surface area contributed by atoms with E-state index in [1.165, 1.54) is 0 Å². The van der Waals surface area contributed by atoms with Crippen LogP contribution in [0, 0.1) is 5.92 Å². The Morgan fingerprint density at radius 2 is 1.79 bits per heavy atom. The number of piperidine rings is 1. The number of amides is 2. The van der Waals surface area contributed by atoms with Crippen LogP contribution in [0.5, 0.6) is 0 Å². The number of nitrogens with one attached hydrogen (secondary N) is 2. The first kappa shape index (κ1) is 14.1. The molecular weight excluding hydrogens is 246 g/mol. The van der Waals surface area contributed by atoms with Crippen molar-refractivity contribution in [3.8, 4) is 0 Å². The van der Waals surface area contributed by atoms with Crippen LogP contribution in [0.15, 0.2) is 0 Å². The van der Waals surface area contributed by atoms with Gasteiger partial charge in [-0.1, -0.05) is 6.42 Å². The summed E-state index contributed by atoms with van der Waals surface area (Å²) in [5.41, 5.74) is 0. The van der Waals surface area contributed by atoms with Gasteiger partial charge in [0.05, 0.1) is 5.92 Å². The van der Waals surface area contributed by atoms with Gasteiger partial charge in [-0.3, -0.25) is 4.79 Å². The van der Waals surface area contributed by atoms with Crippen LogP contribution in [0.25, 0.3) is 0 Å². The van der Waals surface area contributed by atoms with Crippen LogP contribution in [0.4, 0.5) is 4.79 Å². The normalized spacial score (nSPS) is 29.1. The minimum absolute atomic E-state index is 0.209. The minimum atomic E-state index is -0.804. The summed E-state index contributed by atoms with van der Waals surface area (Å²) in [5.74, 6) is -1.23. The number of hydrogen-bond donors (Lipinski definition) is 3. The monoisotopic (exact) mass is 269 g/mol. The number of rotatable bonds is 3. The van der Waals surface area contributed by atoms with E-state index < -0.39 is 11.9 Å². The molecule has 108 valence electrons. The molecule has 2 fully saturated rings. The number of carbonyl (C=O) groups excluding carboxylic acids is 1. The number of likely N-dealkylation sites (tertiary alicyclic amines) is 1. The summed E-state index contributed by atoms with van der Waals surface area (Å²) in [7, 11) is 2.08. The standard InChI is InChI=1S/C13H23N3O3/c1-16-7-5-9(6-8-16)14-13(19)15-11-4-2-3-10(11)12(17)18/h9-11H,2-8H2,1H3,(H,17,18)(H2,14,15,19). The van der Waals surface area contributed by atoms with Crippen LogP contribution in [0.2, 0.25) is 0 Å². The fourth-order valence-corrected chi connectivity index (χ4v) is 2.98. The average molecular weight is 269 g/mol. The van der Waals surface area contributed by atoms with E-state index >= 15 is 0 Å². The highest BCUT2D eigenvalue weighted by Gasteiger charge is 2.34. The second kappa shape index (κ2) is 6.23.